The minimum absolute atomic E-state index is 0.0194. The number of fused-ring (bicyclic) bond motifs is 6. The molecular formula is C31H24O4Si. The van der Waals surface area contributed by atoms with Crippen LogP contribution in [0.1, 0.15) is 19.3 Å². The van der Waals surface area contributed by atoms with Gasteiger partial charge in [-0.3, -0.25) is 9.59 Å². The predicted molar refractivity (Wildman–Crippen MR) is 150 cm³/mol. The van der Waals surface area contributed by atoms with E-state index in [0.717, 1.165) is 16.0 Å². The number of rotatable bonds is 6. The predicted octanol–water partition coefficient (Wildman–Crippen LogP) is 5.96. The van der Waals surface area contributed by atoms with Crippen molar-refractivity contribution in [1.29, 1.82) is 0 Å². The quantitative estimate of drug-likeness (QED) is 0.179. The number of carboxylic acids is 1. The lowest BCUT2D eigenvalue weighted by Crippen LogP contribution is -2.22. The van der Waals surface area contributed by atoms with Crippen LogP contribution in [0.15, 0.2) is 91.0 Å². The summed E-state index contributed by atoms with van der Waals surface area (Å²) in [5, 5.41) is 21.8. The maximum Gasteiger partial charge on any atom is 0.303 e. The summed E-state index contributed by atoms with van der Waals surface area (Å²) < 4.78 is 5.62. The van der Waals surface area contributed by atoms with Crippen LogP contribution in [0.5, 0.6) is 0 Å². The van der Waals surface area contributed by atoms with E-state index < -0.39 is 15.7 Å². The summed E-state index contributed by atoms with van der Waals surface area (Å²) in [4.78, 5) is 22.9. The van der Waals surface area contributed by atoms with E-state index in [1.165, 1.54) is 43.1 Å². The molecule has 36 heavy (non-hydrogen) atoms. The molecule has 0 aliphatic rings. The van der Waals surface area contributed by atoms with E-state index >= 15 is 0 Å². The lowest BCUT2D eigenvalue weighted by Gasteiger charge is -2.12. The monoisotopic (exact) mass is 488 g/mol. The van der Waals surface area contributed by atoms with Crippen LogP contribution in [0.25, 0.3) is 53.9 Å². The average molecular weight is 489 g/mol. The third-order valence-electron chi connectivity index (χ3n) is 6.91. The van der Waals surface area contributed by atoms with Crippen LogP contribution in [-0.2, 0) is 14.0 Å². The SMILES string of the molecule is O=C(O)CCCC(=O)O[SiH2]c1cccc2cc3ccc4cc5cc6ccccc6cc5cc4c3cc12. The summed E-state index contributed by atoms with van der Waals surface area (Å²) in [7, 11) is -1.30. The summed E-state index contributed by atoms with van der Waals surface area (Å²) in [5.41, 5.74) is 0. The first kappa shape index (κ1) is 22.3. The van der Waals surface area contributed by atoms with Crippen molar-refractivity contribution in [3.05, 3.63) is 91.0 Å². The Balaban J connectivity index is 1.42. The van der Waals surface area contributed by atoms with Crippen LogP contribution in [-0.4, -0.2) is 26.8 Å². The molecule has 0 atom stereocenters. The molecule has 0 heterocycles. The van der Waals surface area contributed by atoms with E-state index in [1.54, 1.807) is 0 Å². The van der Waals surface area contributed by atoms with Crippen molar-refractivity contribution < 1.29 is 19.1 Å². The number of benzene rings is 6. The minimum Gasteiger partial charge on any atom is -0.520 e. The van der Waals surface area contributed by atoms with Gasteiger partial charge in [-0.05, 0) is 102 Å². The van der Waals surface area contributed by atoms with Gasteiger partial charge in [0.05, 0.1) is 0 Å². The van der Waals surface area contributed by atoms with Crippen LogP contribution in [0, 0.1) is 0 Å². The van der Waals surface area contributed by atoms with E-state index in [4.69, 9.17) is 9.53 Å². The third-order valence-corrected chi connectivity index (χ3v) is 8.30. The highest BCUT2D eigenvalue weighted by Crippen LogP contribution is 2.33. The minimum atomic E-state index is -1.30. The van der Waals surface area contributed by atoms with Gasteiger partial charge in [-0.25, -0.2) is 0 Å². The average Bonchev–Trinajstić information content (AvgIpc) is 2.88. The van der Waals surface area contributed by atoms with Gasteiger partial charge < -0.3 is 9.53 Å². The van der Waals surface area contributed by atoms with Gasteiger partial charge in [0.25, 0.3) is 15.7 Å². The maximum absolute atomic E-state index is 12.2. The molecule has 5 heteroatoms. The fraction of sp³-hybridized carbons (Fsp3) is 0.0968. The molecule has 0 saturated carbocycles. The highest BCUT2D eigenvalue weighted by atomic mass is 28.2. The van der Waals surface area contributed by atoms with Gasteiger partial charge in [-0.15, -0.1) is 0 Å². The molecule has 6 aromatic carbocycles. The van der Waals surface area contributed by atoms with Crippen LogP contribution >= 0.6 is 0 Å². The van der Waals surface area contributed by atoms with Gasteiger partial charge >= 0.3 is 5.97 Å². The molecule has 0 aliphatic carbocycles. The number of carbonyl (C=O) groups excluding carboxylic acids is 1. The Kier molecular flexibility index (Phi) is 5.62. The molecule has 176 valence electrons. The van der Waals surface area contributed by atoms with Crippen molar-refractivity contribution in [1.82, 2.24) is 0 Å². The van der Waals surface area contributed by atoms with Crippen molar-refractivity contribution >= 4 is 80.8 Å². The Labute approximate surface area is 210 Å². The standard InChI is InChI=1S/C31H24O4Si/c32-30(33)9-4-10-31(34)35-36-29-8-3-7-21-15-22-11-12-23-16-24-13-19-5-1-2-6-20(19)14-25(24)17-26(23)27(22)18-28(21)29/h1-3,5-8,11-18H,4,9-10,36H2,(H,32,33). The summed E-state index contributed by atoms with van der Waals surface area (Å²) >= 11 is 0. The lowest BCUT2D eigenvalue weighted by molar-refractivity contribution is -0.137. The number of carboxylic acid groups (broad SMARTS) is 1. The number of hydrogen-bond donors (Lipinski definition) is 1. The smallest absolute Gasteiger partial charge is 0.303 e. The molecule has 6 aromatic rings. The van der Waals surface area contributed by atoms with Crippen LogP contribution in [0.3, 0.4) is 0 Å². The zero-order valence-corrected chi connectivity index (χ0v) is 21.1. The second kappa shape index (κ2) is 9.09. The third kappa shape index (κ3) is 4.18. The Morgan fingerprint density at radius 1 is 0.611 bits per heavy atom. The lowest BCUT2D eigenvalue weighted by atomic mass is 9.95. The number of hydrogen-bond acceptors (Lipinski definition) is 3. The molecule has 0 spiro atoms. The fourth-order valence-electron chi connectivity index (χ4n) is 5.08. The molecule has 0 unspecified atom stereocenters. The van der Waals surface area contributed by atoms with Gasteiger partial charge in [-0.1, -0.05) is 54.6 Å². The molecule has 6 rings (SSSR count). The largest absolute Gasteiger partial charge is 0.520 e. The maximum atomic E-state index is 12.2. The summed E-state index contributed by atoms with van der Waals surface area (Å²) in [5.74, 6) is -1.21. The first-order valence-electron chi connectivity index (χ1n) is 12.1. The first-order chi connectivity index (χ1) is 17.5. The van der Waals surface area contributed by atoms with Crippen LogP contribution < -0.4 is 5.19 Å². The molecule has 0 amide bonds. The number of carbonyl (C=O) groups is 2. The van der Waals surface area contributed by atoms with Crippen molar-refractivity contribution in [2.24, 2.45) is 0 Å². The molecule has 1 N–H and O–H groups in total. The highest BCUT2D eigenvalue weighted by Gasteiger charge is 2.11. The van der Waals surface area contributed by atoms with Crippen molar-refractivity contribution in [2.45, 2.75) is 19.3 Å². The summed E-state index contributed by atoms with van der Waals surface area (Å²) in [6.45, 7) is 0. The molecule has 0 radical (unpaired) electrons. The Bertz CT molecular complexity index is 1820. The van der Waals surface area contributed by atoms with Gasteiger partial charge in [0, 0.05) is 12.8 Å². The first-order valence-corrected chi connectivity index (χ1v) is 13.4. The molecule has 0 aromatic heterocycles. The van der Waals surface area contributed by atoms with Crippen LogP contribution in [0.2, 0.25) is 0 Å². The second-order valence-corrected chi connectivity index (χ2v) is 10.6. The van der Waals surface area contributed by atoms with E-state index in [2.05, 4.69) is 78.9 Å². The van der Waals surface area contributed by atoms with E-state index in [9.17, 15) is 9.59 Å². The van der Waals surface area contributed by atoms with E-state index in [0.29, 0.717) is 6.42 Å². The summed E-state index contributed by atoms with van der Waals surface area (Å²) in [6.07, 6.45) is 0.422. The summed E-state index contributed by atoms with van der Waals surface area (Å²) in [6, 6.07) is 32.5. The molecule has 0 aliphatic heterocycles. The van der Waals surface area contributed by atoms with Crippen molar-refractivity contribution in [2.75, 3.05) is 0 Å². The second-order valence-electron chi connectivity index (χ2n) is 9.31. The Morgan fingerprint density at radius 3 is 1.92 bits per heavy atom. The number of aliphatic carboxylic acids is 1. The van der Waals surface area contributed by atoms with Gasteiger partial charge in [0.2, 0.25) is 0 Å². The molecular weight excluding hydrogens is 464 g/mol. The van der Waals surface area contributed by atoms with Crippen LogP contribution in [0.4, 0.5) is 0 Å². The molecule has 0 saturated heterocycles. The molecule has 0 fully saturated rings. The zero-order valence-electron chi connectivity index (χ0n) is 19.7. The molecule has 0 bridgehead atoms. The normalized spacial score (nSPS) is 11.9. The molecule has 4 nitrogen and oxygen atoms in total. The Hall–Kier alpha value is -4.22. The topological polar surface area (TPSA) is 63.6 Å². The Morgan fingerprint density at radius 2 is 1.19 bits per heavy atom. The van der Waals surface area contributed by atoms with Gasteiger partial charge in [0.1, 0.15) is 0 Å². The van der Waals surface area contributed by atoms with E-state index in [1.807, 2.05) is 12.1 Å². The van der Waals surface area contributed by atoms with Gasteiger partial charge in [-0.2, -0.15) is 0 Å². The van der Waals surface area contributed by atoms with Crippen molar-refractivity contribution in [3.8, 4) is 0 Å². The van der Waals surface area contributed by atoms with Gasteiger partial charge in [0.15, 0.2) is 0 Å². The fourth-order valence-corrected chi connectivity index (χ4v) is 6.23. The van der Waals surface area contributed by atoms with Crippen molar-refractivity contribution in [3.63, 3.8) is 0 Å². The highest BCUT2D eigenvalue weighted by molar-refractivity contribution is 6.53. The zero-order chi connectivity index (χ0) is 24.6. The van der Waals surface area contributed by atoms with E-state index in [-0.39, 0.29) is 18.8 Å².